The second-order valence-electron chi connectivity index (χ2n) is 7.33. The Morgan fingerprint density at radius 1 is 1.00 bits per heavy atom. The van der Waals surface area contributed by atoms with Crippen molar-refractivity contribution in [3.63, 3.8) is 0 Å². The average Bonchev–Trinajstić information content (AvgIpc) is 2.79. The summed E-state index contributed by atoms with van der Waals surface area (Å²) in [6, 6.07) is 19.5. The topological polar surface area (TPSA) is 84.9 Å². The van der Waals surface area contributed by atoms with E-state index in [9.17, 15) is 13.2 Å². The minimum absolute atomic E-state index is 0.252. The van der Waals surface area contributed by atoms with Gasteiger partial charge in [-0.3, -0.25) is 9.10 Å². The Hall–Kier alpha value is -3.26. The van der Waals surface area contributed by atoms with Crippen LogP contribution in [-0.4, -0.2) is 46.9 Å². The zero-order valence-electron chi connectivity index (χ0n) is 18.4. The molecule has 0 aliphatic heterocycles. The fraction of sp³-hybridized carbons (Fsp3) is 0.292. The molecule has 7 nitrogen and oxygen atoms in total. The van der Waals surface area contributed by atoms with Crippen LogP contribution < -0.4 is 19.1 Å². The number of fused-ring (bicyclic) bond motifs is 1. The van der Waals surface area contributed by atoms with Crippen molar-refractivity contribution in [2.24, 2.45) is 0 Å². The third-order valence-corrected chi connectivity index (χ3v) is 6.23. The number of nitrogens with zero attached hydrogens (tertiary/aromatic N) is 1. The molecule has 0 aliphatic rings. The van der Waals surface area contributed by atoms with E-state index in [1.165, 1.54) is 7.11 Å². The molecular formula is C24H28N2O5S. The number of amides is 1. The van der Waals surface area contributed by atoms with Gasteiger partial charge in [-0.15, -0.1) is 0 Å². The van der Waals surface area contributed by atoms with Crippen molar-refractivity contribution >= 4 is 32.4 Å². The van der Waals surface area contributed by atoms with Gasteiger partial charge < -0.3 is 14.8 Å². The van der Waals surface area contributed by atoms with Gasteiger partial charge in [0.2, 0.25) is 15.9 Å². The van der Waals surface area contributed by atoms with Gasteiger partial charge in [0, 0.05) is 0 Å². The maximum Gasteiger partial charge on any atom is 0.244 e. The first kappa shape index (κ1) is 23.4. The molecule has 3 aromatic rings. The summed E-state index contributed by atoms with van der Waals surface area (Å²) in [6.07, 6.45) is 1.41. The molecule has 1 amide bonds. The monoisotopic (exact) mass is 456 g/mol. The highest BCUT2D eigenvalue weighted by Gasteiger charge is 2.31. The van der Waals surface area contributed by atoms with Crippen LogP contribution in [-0.2, 0) is 14.8 Å². The van der Waals surface area contributed by atoms with Crippen LogP contribution in [0.25, 0.3) is 10.8 Å². The molecule has 8 heteroatoms. The third-order valence-electron chi connectivity index (χ3n) is 5.05. The third kappa shape index (κ3) is 5.70. The SMILES string of the molecule is CC[C@H](C(=O)NCCOc1ccc2ccccc2c1)N(c1ccc(OC)cc1)S(C)(=O)=O. The molecule has 3 aromatic carbocycles. The molecule has 0 bridgehead atoms. The number of rotatable bonds is 10. The lowest BCUT2D eigenvalue weighted by atomic mass is 10.1. The zero-order valence-corrected chi connectivity index (χ0v) is 19.3. The lowest BCUT2D eigenvalue weighted by Crippen LogP contribution is -2.50. The van der Waals surface area contributed by atoms with Crippen molar-refractivity contribution in [1.82, 2.24) is 5.32 Å². The molecule has 0 aliphatic carbocycles. The quantitative estimate of drug-likeness (QED) is 0.471. The van der Waals surface area contributed by atoms with Gasteiger partial charge >= 0.3 is 0 Å². The molecule has 0 spiro atoms. The normalized spacial score (nSPS) is 12.2. The minimum Gasteiger partial charge on any atom is -0.497 e. The molecule has 0 aromatic heterocycles. The van der Waals surface area contributed by atoms with Gasteiger partial charge in [0.1, 0.15) is 24.1 Å². The molecule has 3 rings (SSSR count). The number of carbonyl (C=O) groups excluding carboxylic acids is 1. The molecule has 0 unspecified atom stereocenters. The average molecular weight is 457 g/mol. The van der Waals surface area contributed by atoms with E-state index in [-0.39, 0.29) is 19.1 Å². The molecule has 0 saturated heterocycles. The Kier molecular flexibility index (Phi) is 7.58. The second kappa shape index (κ2) is 10.4. The van der Waals surface area contributed by atoms with E-state index < -0.39 is 16.1 Å². The maximum absolute atomic E-state index is 12.8. The summed E-state index contributed by atoms with van der Waals surface area (Å²) < 4.78 is 37.0. The minimum atomic E-state index is -3.69. The van der Waals surface area contributed by atoms with E-state index in [1.807, 2.05) is 42.5 Å². The first-order valence-corrected chi connectivity index (χ1v) is 12.2. The van der Waals surface area contributed by atoms with E-state index in [0.717, 1.165) is 21.3 Å². The highest BCUT2D eigenvalue weighted by atomic mass is 32.2. The number of methoxy groups -OCH3 is 1. The van der Waals surface area contributed by atoms with Crippen molar-refractivity contribution in [2.75, 3.05) is 30.8 Å². The van der Waals surface area contributed by atoms with Crippen LogP contribution in [0.2, 0.25) is 0 Å². The summed E-state index contributed by atoms with van der Waals surface area (Å²) in [6.45, 7) is 2.29. The highest BCUT2D eigenvalue weighted by Crippen LogP contribution is 2.25. The number of carbonyl (C=O) groups is 1. The van der Waals surface area contributed by atoms with Gasteiger partial charge in [0.05, 0.1) is 25.6 Å². The van der Waals surface area contributed by atoms with Gasteiger partial charge in [-0.25, -0.2) is 8.42 Å². The van der Waals surface area contributed by atoms with Gasteiger partial charge in [-0.1, -0.05) is 37.3 Å². The van der Waals surface area contributed by atoms with Crippen LogP contribution in [0.15, 0.2) is 66.7 Å². The van der Waals surface area contributed by atoms with Crippen LogP contribution in [0.3, 0.4) is 0 Å². The Labute approximate surface area is 189 Å². The summed E-state index contributed by atoms with van der Waals surface area (Å²) in [7, 11) is -2.15. The van der Waals surface area contributed by atoms with E-state index in [1.54, 1.807) is 31.2 Å². The van der Waals surface area contributed by atoms with Crippen LogP contribution in [0.4, 0.5) is 5.69 Å². The summed E-state index contributed by atoms with van der Waals surface area (Å²) in [5.41, 5.74) is 0.405. The molecular weight excluding hydrogens is 428 g/mol. The molecule has 1 N–H and O–H groups in total. The number of benzene rings is 3. The van der Waals surface area contributed by atoms with Crippen LogP contribution in [0.1, 0.15) is 13.3 Å². The van der Waals surface area contributed by atoms with Crippen LogP contribution in [0.5, 0.6) is 11.5 Å². The van der Waals surface area contributed by atoms with Gasteiger partial charge in [0.15, 0.2) is 0 Å². The zero-order chi connectivity index (χ0) is 23.1. The van der Waals surface area contributed by atoms with Gasteiger partial charge in [-0.05, 0) is 53.6 Å². The molecule has 0 radical (unpaired) electrons. The summed E-state index contributed by atoms with van der Waals surface area (Å²) in [4.78, 5) is 12.8. The van der Waals surface area contributed by atoms with E-state index in [4.69, 9.17) is 9.47 Å². The second-order valence-corrected chi connectivity index (χ2v) is 9.19. The van der Waals surface area contributed by atoms with E-state index in [2.05, 4.69) is 5.32 Å². The first-order chi connectivity index (χ1) is 15.3. The van der Waals surface area contributed by atoms with Crippen LogP contribution >= 0.6 is 0 Å². The molecule has 0 saturated carbocycles. The lowest BCUT2D eigenvalue weighted by Gasteiger charge is -2.30. The fourth-order valence-electron chi connectivity index (χ4n) is 3.51. The lowest BCUT2D eigenvalue weighted by molar-refractivity contribution is -0.122. The number of ether oxygens (including phenoxy) is 2. The standard InChI is InChI=1S/C24H28N2O5S/c1-4-23(26(32(3,28)29)20-10-13-21(30-2)14-11-20)24(27)25-15-16-31-22-12-9-18-7-5-6-8-19(18)17-22/h5-14,17,23H,4,15-16H2,1-3H3,(H,25,27)/t23-/m1/s1. The fourth-order valence-corrected chi connectivity index (χ4v) is 4.72. The molecule has 0 fully saturated rings. The Bertz CT molecular complexity index is 1160. The Balaban J connectivity index is 1.63. The first-order valence-electron chi connectivity index (χ1n) is 10.4. The molecule has 1 atom stereocenters. The van der Waals surface area contributed by atoms with Crippen molar-refractivity contribution in [3.05, 3.63) is 66.7 Å². The predicted molar refractivity (Wildman–Crippen MR) is 127 cm³/mol. The number of sulfonamides is 1. The largest absolute Gasteiger partial charge is 0.497 e. The smallest absolute Gasteiger partial charge is 0.244 e. The predicted octanol–water partition coefficient (Wildman–Crippen LogP) is 3.59. The number of hydrogen-bond donors (Lipinski definition) is 1. The van der Waals surface area contributed by atoms with E-state index in [0.29, 0.717) is 23.6 Å². The summed E-state index contributed by atoms with van der Waals surface area (Å²) in [5.74, 6) is 0.933. The summed E-state index contributed by atoms with van der Waals surface area (Å²) >= 11 is 0. The van der Waals surface area contributed by atoms with Crippen molar-refractivity contribution in [2.45, 2.75) is 19.4 Å². The van der Waals surface area contributed by atoms with Gasteiger partial charge in [-0.2, -0.15) is 0 Å². The Morgan fingerprint density at radius 3 is 2.28 bits per heavy atom. The van der Waals surface area contributed by atoms with Gasteiger partial charge in [0.25, 0.3) is 0 Å². The maximum atomic E-state index is 12.8. The highest BCUT2D eigenvalue weighted by molar-refractivity contribution is 7.92. The number of nitrogens with one attached hydrogen (secondary N) is 1. The number of hydrogen-bond acceptors (Lipinski definition) is 5. The van der Waals surface area contributed by atoms with Crippen LogP contribution in [0, 0.1) is 0 Å². The molecule has 0 heterocycles. The van der Waals surface area contributed by atoms with E-state index >= 15 is 0 Å². The van der Waals surface area contributed by atoms with Crippen molar-refractivity contribution in [3.8, 4) is 11.5 Å². The number of anilines is 1. The Morgan fingerprint density at radius 2 is 1.66 bits per heavy atom. The molecule has 32 heavy (non-hydrogen) atoms. The summed E-state index contributed by atoms with van der Waals surface area (Å²) in [5, 5.41) is 4.99. The molecule has 170 valence electrons. The van der Waals surface area contributed by atoms with Crippen molar-refractivity contribution in [1.29, 1.82) is 0 Å². The van der Waals surface area contributed by atoms with Crippen molar-refractivity contribution < 1.29 is 22.7 Å².